The van der Waals surface area contributed by atoms with Gasteiger partial charge in [0.25, 0.3) is 5.91 Å². The van der Waals surface area contributed by atoms with Gasteiger partial charge in [-0.05, 0) is 37.2 Å². The molecule has 0 heterocycles. The molecule has 2 aliphatic carbocycles. The molecule has 0 spiro atoms. The van der Waals surface area contributed by atoms with E-state index in [0.717, 1.165) is 31.2 Å². The lowest BCUT2D eigenvalue weighted by Crippen LogP contribution is -2.56. The first kappa shape index (κ1) is 20.1. The molecule has 0 radical (unpaired) electrons. The smallest absolute Gasteiger partial charge is 0.405 e. The number of benzene rings is 1. The zero-order chi connectivity index (χ0) is 20.1. The largest absolute Gasteiger partial charge is 0.465 e. The monoisotopic (exact) mass is 389 g/mol. The Kier molecular flexibility index (Phi) is 6.51. The third-order valence-corrected chi connectivity index (χ3v) is 5.08. The first-order valence-corrected chi connectivity index (χ1v) is 9.74. The summed E-state index contributed by atoms with van der Waals surface area (Å²) < 4.78 is 0. The Morgan fingerprint density at radius 1 is 1.00 bits per heavy atom. The van der Waals surface area contributed by atoms with Gasteiger partial charge in [0.2, 0.25) is 5.91 Å². The van der Waals surface area contributed by atoms with Crippen LogP contribution < -0.4 is 16.0 Å². The van der Waals surface area contributed by atoms with Crippen LogP contribution in [0.25, 0.3) is 0 Å². The van der Waals surface area contributed by atoms with E-state index >= 15 is 0 Å². The number of carbonyl (C=O) groups excluding carboxylic acids is 2. The van der Waals surface area contributed by atoms with Gasteiger partial charge in [0.05, 0.1) is 6.04 Å². The zero-order valence-electron chi connectivity index (χ0n) is 15.6. The molecular weight excluding hydrogens is 362 g/mol. The van der Waals surface area contributed by atoms with Gasteiger partial charge in [-0.2, -0.15) is 0 Å². The topological polar surface area (TPSA) is 128 Å². The summed E-state index contributed by atoms with van der Waals surface area (Å²) in [5.41, 5.74) is 0.857. The molecule has 2 saturated carbocycles. The van der Waals surface area contributed by atoms with Crippen LogP contribution in [0.3, 0.4) is 0 Å². The first-order chi connectivity index (χ1) is 13.4. The van der Waals surface area contributed by atoms with Crippen molar-refractivity contribution < 1.29 is 24.6 Å². The van der Waals surface area contributed by atoms with Crippen molar-refractivity contribution in [2.24, 2.45) is 5.92 Å². The van der Waals surface area contributed by atoms with Crippen molar-refractivity contribution in [3.05, 3.63) is 35.9 Å². The number of nitrogens with one attached hydrogen (secondary N) is 3. The number of aliphatic hydroxyl groups is 1. The number of amides is 3. The van der Waals surface area contributed by atoms with Crippen LogP contribution >= 0.6 is 0 Å². The molecule has 0 aromatic heterocycles. The Balaban J connectivity index is 1.69. The highest BCUT2D eigenvalue weighted by Gasteiger charge is 2.35. The van der Waals surface area contributed by atoms with Crippen molar-refractivity contribution in [2.75, 3.05) is 0 Å². The summed E-state index contributed by atoms with van der Waals surface area (Å²) in [5.74, 6) is -0.708. The van der Waals surface area contributed by atoms with Crippen LogP contribution in [0.5, 0.6) is 0 Å². The highest BCUT2D eigenvalue weighted by Crippen LogP contribution is 2.33. The van der Waals surface area contributed by atoms with E-state index in [-0.39, 0.29) is 12.5 Å². The third kappa shape index (κ3) is 6.23. The second-order valence-corrected chi connectivity index (χ2v) is 7.71. The third-order valence-electron chi connectivity index (χ3n) is 5.08. The molecule has 8 heteroatoms. The molecule has 3 amide bonds. The van der Waals surface area contributed by atoms with Crippen LogP contribution in [-0.2, 0) is 16.0 Å². The predicted molar refractivity (Wildman–Crippen MR) is 102 cm³/mol. The Morgan fingerprint density at radius 2 is 1.68 bits per heavy atom. The van der Waals surface area contributed by atoms with Crippen molar-refractivity contribution >= 4 is 17.9 Å². The normalized spacial score (nSPS) is 19.2. The fourth-order valence-electron chi connectivity index (χ4n) is 3.16. The average Bonchev–Trinajstić information content (AvgIpc) is 3.57. The molecule has 2 aliphatic rings. The molecule has 5 N–H and O–H groups in total. The van der Waals surface area contributed by atoms with Crippen LogP contribution in [0.2, 0.25) is 0 Å². The van der Waals surface area contributed by atoms with Gasteiger partial charge in [-0.1, -0.05) is 43.2 Å². The molecule has 1 aromatic carbocycles. The van der Waals surface area contributed by atoms with Crippen molar-refractivity contribution in [2.45, 2.75) is 62.8 Å². The van der Waals surface area contributed by atoms with Crippen LogP contribution in [0, 0.1) is 5.92 Å². The number of aliphatic hydroxyl groups excluding tert-OH is 1. The van der Waals surface area contributed by atoms with Crippen LogP contribution in [0.15, 0.2) is 30.3 Å². The van der Waals surface area contributed by atoms with E-state index in [2.05, 4.69) is 16.0 Å². The molecule has 0 aliphatic heterocycles. The van der Waals surface area contributed by atoms with Gasteiger partial charge in [0.15, 0.2) is 6.10 Å². The summed E-state index contributed by atoms with van der Waals surface area (Å²) in [6.45, 7) is 0. The lowest BCUT2D eigenvalue weighted by atomic mass is 9.99. The van der Waals surface area contributed by atoms with E-state index < -0.39 is 36.1 Å². The minimum Gasteiger partial charge on any atom is -0.465 e. The van der Waals surface area contributed by atoms with Gasteiger partial charge in [-0.3, -0.25) is 9.59 Å². The Morgan fingerprint density at radius 3 is 2.25 bits per heavy atom. The molecule has 2 unspecified atom stereocenters. The second-order valence-electron chi connectivity index (χ2n) is 7.71. The molecule has 28 heavy (non-hydrogen) atoms. The fourth-order valence-corrected chi connectivity index (χ4v) is 3.16. The van der Waals surface area contributed by atoms with Crippen LogP contribution in [-0.4, -0.2) is 52.4 Å². The van der Waals surface area contributed by atoms with Gasteiger partial charge in [0, 0.05) is 6.04 Å². The first-order valence-electron chi connectivity index (χ1n) is 9.74. The van der Waals surface area contributed by atoms with Gasteiger partial charge in [-0.25, -0.2) is 4.79 Å². The highest BCUT2D eigenvalue weighted by atomic mass is 16.4. The highest BCUT2D eigenvalue weighted by molar-refractivity contribution is 5.87. The van der Waals surface area contributed by atoms with Crippen LogP contribution in [0.1, 0.15) is 37.7 Å². The zero-order valence-corrected chi connectivity index (χ0v) is 15.6. The average molecular weight is 389 g/mol. The maximum Gasteiger partial charge on any atom is 0.405 e. The Labute approximate surface area is 163 Å². The molecule has 2 fully saturated rings. The summed E-state index contributed by atoms with van der Waals surface area (Å²) in [6.07, 6.45) is 1.72. The minimum absolute atomic E-state index is 0.0894. The maximum atomic E-state index is 12.7. The van der Waals surface area contributed by atoms with Crippen molar-refractivity contribution in [3.8, 4) is 0 Å². The molecule has 152 valence electrons. The minimum atomic E-state index is -1.42. The molecular formula is C20H27N3O5. The number of rotatable bonds is 10. The summed E-state index contributed by atoms with van der Waals surface area (Å²) in [4.78, 5) is 36.1. The van der Waals surface area contributed by atoms with Crippen molar-refractivity contribution in [1.82, 2.24) is 16.0 Å². The van der Waals surface area contributed by atoms with E-state index in [0.29, 0.717) is 12.3 Å². The van der Waals surface area contributed by atoms with E-state index in [9.17, 15) is 19.5 Å². The summed E-state index contributed by atoms with van der Waals surface area (Å²) in [6, 6.07) is 7.57. The second kappa shape index (κ2) is 9.05. The lowest BCUT2D eigenvalue weighted by Gasteiger charge is -2.26. The molecule has 3 atom stereocenters. The van der Waals surface area contributed by atoms with E-state index in [1.165, 1.54) is 0 Å². The van der Waals surface area contributed by atoms with Crippen LogP contribution in [0.4, 0.5) is 4.79 Å². The quantitative estimate of drug-likeness (QED) is 0.404. The van der Waals surface area contributed by atoms with E-state index in [1.54, 1.807) is 0 Å². The van der Waals surface area contributed by atoms with Gasteiger partial charge in [0.1, 0.15) is 6.04 Å². The molecule has 0 bridgehead atoms. The molecule has 0 saturated heterocycles. The van der Waals surface area contributed by atoms with E-state index in [1.807, 2.05) is 30.3 Å². The maximum absolute atomic E-state index is 12.7. The van der Waals surface area contributed by atoms with E-state index in [4.69, 9.17) is 5.11 Å². The van der Waals surface area contributed by atoms with Crippen molar-refractivity contribution in [1.29, 1.82) is 0 Å². The number of carboxylic acid groups (broad SMARTS) is 1. The van der Waals surface area contributed by atoms with Gasteiger partial charge in [-0.15, -0.1) is 0 Å². The number of hydrogen-bond donors (Lipinski definition) is 5. The summed E-state index contributed by atoms with van der Waals surface area (Å²) in [7, 11) is 0. The van der Waals surface area contributed by atoms with Gasteiger partial charge < -0.3 is 26.2 Å². The summed E-state index contributed by atoms with van der Waals surface area (Å²) >= 11 is 0. The molecule has 3 rings (SSSR count). The SMILES string of the molecule is O=C(O)N[C@@H](CC1CC1)C(=O)NC(Cc1ccccc1)C(O)C(=O)NC1CC1. The van der Waals surface area contributed by atoms with Gasteiger partial charge >= 0.3 is 6.09 Å². The van der Waals surface area contributed by atoms with Crippen molar-refractivity contribution in [3.63, 3.8) is 0 Å². The molecule has 1 aromatic rings. The standard InChI is InChI=1S/C20H27N3O5/c24-17(19(26)21-14-8-9-14)15(10-12-4-2-1-3-5-12)22-18(25)16(23-20(27)28)11-13-6-7-13/h1-5,13-17,23-24H,6-11H2,(H,21,26)(H,22,25)(H,27,28)/t15?,16-,17?/m0/s1. The number of carbonyl (C=O) groups is 3. The molecule has 8 nitrogen and oxygen atoms in total. The number of hydrogen-bond acceptors (Lipinski definition) is 4. The predicted octanol–water partition coefficient (Wildman–Crippen LogP) is 0.790. The lowest BCUT2D eigenvalue weighted by molar-refractivity contribution is -0.132. The fraction of sp³-hybridized carbons (Fsp3) is 0.550. The Bertz CT molecular complexity index is 703. The Hall–Kier alpha value is -2.61. The summed E-state index contributed by atoms with van der Waals surface area (Å²) in [5, 5.41) is 27.3.